The molecule has 0 bridgehead atoms. The second-order valence-electron chi connectivity index (χ2n) is 4.42. The van der Waals surface area contributed by atoms with Gasteiger partial charge in [-0.15, -0.1) is 0 Å². The number of aryl methyl sites for hydroxylation is 2. The molecule has 0 amide bonds. The largest absolute Gasteiger partial charge is 0.507 e. The summed E-state index contributed by atoms with van der Waals surface area (Å²) in [6.45, 7) is 3.85. The van der Waals surface area contributed by atoms with Gasteiger partial charge in [0, 0.05) is 18.3 Å². The van der Waals surface area contributed by atoms with Gasteiger partial charge in [0.2, 0.25) is 0 Å². The van der Waals surface area contributed by atoms with Gasteiger partial charge in [-0.1, -0.05) is 12.1 Å². The van der Waals surface area contributed by atoms with Crippen molar-refractivity contribution in [3.8, 4) is 5.75 Å². The van der Waals surface area contributed by atoms with Gasteiger partial charge in [-0.05, 0) is 38.1 Å². The zero-order valence-corrected chi connectivity index (χ0v) is 11.2. The number of hydrogen-bond acceptors (Lipinski definition) is 3. The second-order valence-corrected chi connectivity index (χ2v) is 4.42. The molecule has 0 aliphatic heterocycles. The van der Waals surface area contributed by atoms with Crippen molar-refractivity contribution in [1.82, 2.24) is 9.78 Å². The van der Waals surface area contributed by atoms with Crippen LogP contribution in [-0.4, -0.2) is 20.7 Å². The Morgan fingerprint density at radius 2 is 2.00 bits per heavy atom. The van der Waals surface area contributed by atoms with Crippen molar-refractivity contribution < 1.29 is 9.90 Å². The molecular formula is C15H16N2O2. The van der Waals surface area contributed by atoms with E-state index in [2.05, 4.69) is 5.10 Å². The Morgan fingerprint density at radius 3 is 2.58 bits per heavy atom. The molecule has 1 aromatic heterocycles. The minimum absolute atomic E-state index is 0.00298. The topological polar surface area (TPSA) is 55.1 Å². The molecule has 0 radical (unpaired) electrons. The summed E-state index contributed by atoms with van der Waals surface area (Å²) in [5.74, 6) is -0.225. The number of phenolic OH excluding ortho intramolecular Hbond substituents is 1. The van der Waals surface area contributed by atoms with Crippen LogP contribution in [0.1, 0.15) is 27.3 Å². The molecule has 98 valence electrons. The maximum absolute atomic E-state index is 12.0. The Bertz CT molecular complexity index is 654. The molecule has 0 fully saturated rings. The average Bonchev–Trinajstić information content (AvgIpc) is 2.61. The van der Waals surface area contributed by atoms with E-state index in [4.69, 9.17) is 0 Å². The molecule has 19 heavy (non-hydrogen) atoms. The lowest BCUT2D eigenvalue weighted by atomic mass is 10.1. The monoisotopic (exact) mass is 256 g/mol. The number of phenols is 1. The molecule has 0 spiro atoms. The molecule has 1 heterocycles. The van der Waals surface area contributed by atoms with Crippen molar-refractivity contribution in [3.05, 3.63) is 52.9 Å². The predicted octanol–water partition coefficient (Wildman–Crippen LogP) is 2.64. The lowest BCUT2D eigenvalue weighted by Crippen LogP contribution is -1.95. The quantitative estimate of drug-likeness (QED) is 0.678. The number of aromatic nitrogens is 2. The summed E-state index contributed by atoms with van der Waals surface area (Å²) in [6.07, 6.45) is 3.21. The summed E-state index contributed by atoms with van der Waals surface area (Å²) in [7, 11) is 1.87. The molecule has 4 heteroatoms. The number of nitrogens with zero attached hydrogens (tertiary/aromatic N) is 2. The van der Waals surface area contributed by atoms with Crippen LogP contribution in [0.15, 0.2) is 30.3 Å². The van der Waals surface area contributed by atoms with Gasteiger partial charge < -0.3 is 5.11 Å². The molecule has 4 nitrogen and oxygen atoms in total. The number of para-hydroxylation sites is 1. The van der Waals surface area contributed by atoms with Gasteiger partial charge in [0.25, 0.3) is 0 Å². The Balaban J connectivity index is 2.29. The Hall–Kier alpha value is -2.36. The highest BCUT2D eigenvalue weighted by Gasteiger charge is 2.09. The van der Waals surface area contributed by atoms with Crippen molar-refractivity contribution in [2.45, 2.75) is 13.8 Å². The second kappa shape index (κ2) is 5.10. The van der Waals surface area contributed by atoms with Crippen molar-refractivity contribution in [3.63, 3.8) is 0 Å². The minimum atomic E-state index is -0.222. The van der Waals surface area contributed by atoms with E-state index in [0.29, 0.717) is 5.56 Å². The molecule has 1 N–H and O–H groups in total. The summed E-state index contributed by atoms with van der Waals surface area (Å²) in [4.78, 5) is 12.0. The van der Waals surface area contributed by atoms with Crippen LogP contribution in [0.3, 0.4) is 0 Å². The number of benzene rings is 1. The number of rotatable bonds is 3. The first kappa shape index (κ1) is 13.1. The van der Waals surface area contributed by atoms with E-state index in [1.54, 1.807) is 29.0 Å². The maximum atomic E-state index is 12.0. The lowest BCUT2D eigenvalue weighted by molar-refractivity contribution is 0.104. The van der Waals surface area contributed by atoms with E-state index in [1.807, 2.05) is 20.9 Å². The van der Waals surface area contributed by atoms with Gasteiger partial charge in [-0.3, -0.25) is 9.48 Å². The standard InChI is InChI=1S/C15H16N2O2/c1-10-12(11(2)17(3)16-10)8-9-15(19)13-6-4-5-7-14(13)18/h4-9,18H,1-3H3. The van der Waals surface area contributed by atoms with Gasteiger partial charge in [0.15, 0.2) is 5.78 Å². The highest BCUT2D eigenvalue weighted by molar-refractivity contribution is 6.08. The first-order chi connectivity index (χ1) is 9.00. The smallest absolute Gasteiger partial charge is 0.189 e. The van der Waals surface area contributed by atoms with Crippen LogP contribution in [0, 0.1) is 13.8 Å². The third-order valence-electron chi connectivity index (χ3n) is 3.14. The van der Waals surface area contributed by atoms with Crippen molar-refractivity contribution in [1.29, 1.82) is 0 Å². The molecule has 0 saturated heterocycles. The van der Waals surface area contributed by atoms with Crippen LogP contribution in [0.4, 0.5) is 0 Å². The summed E-state index contributed by atoms with van der Waals surface area (Å²) < 4.78 is 1.78. The molecule has 0 saturated carbocycles. The third-order valence-corrected chi connectivity index (χ3v) is 3.14. The first-order valence-corrected chi connectivity index (χ1v) is 6.01. The highest BCUT2D eigenvalue weighted by Crippen LogP contribution is 2.18. The van der Waals surface area contributed by atoms with Crippen LogP contribution in [-0.2, 0) is 7.05 Å². The molecule has 2 rings (SSSR count). The van der Waals surface area contributed by atoms with E-state index < -0.39 is 0 Å². The summed E-state index contributed by atoms with van der Waals surface area (Å²) in [5.41, 5.74) is 3.12. The van der Waals surface area contributed by atoms with Crippen LogP contribution >= 0.6 is 0 Å². The van der Waals surface area contributed by atoms with Crippen LogP contribution in [0.5, 0.6) is 5.75 Å². The van der Waals surface area contributed by atoms with Gasteiger partial charge >= 0.3 is 0 Å². The van der Waals surface area contributed by atoms with Gasteiger partial charge in [-0.2, -0.15) is 5.10 Å². The molecular weight excluding hydrogens is 240 g/mol. The first-order valence-electron chi connectivity index (χ1n) is 6.01. The Labute approximate surface area is 112 Å². The number of allylic oxidation sites excluding steroid dienone is 1. The fourth-order valence-corrected chi connectivity index (χ4v) is 1.96. The summed E-state index contributed by atoms with van der Waals surface area (Å²) in [6, 6.07) is 6.51. The third kappa shape index (κ3) is 2.57. The Kier molecular flexibility index (Phi) is 3.51. The zero-order valence-electron chi connectivity index (χ0n) is 11.2. The Morgan fingerprint density at radius 1 is 1.32 bits per heavy atom. The molecule has 1 aromatic carbocycles. The number of carbonyl (C=O) groups excluding carboxylic acids is 1. The van der Waals surface area contributed by atoms with Gasteiger partial charge in [0.1, 0.15) is 5.75 Å². The van der Waals surface area contributed by atoms with E-state index >= 15 is 0 Å². The van der Waals surface area contributed by atoms with E-state index in [-0.39, 0.29) is 11.5 Å². The number of carbonyl (C=O) groups is 1. The predicted molar refractivity (Wildman–Crippen MR) is 74.2 cm³/mol. The highest BCUT2D eigenvalue weighted by atomic mass is 16.3. The SMILES string of the molecule is Cc1nn(C)c(C)c1C=CC(=O)c1ccccc1O. The van der Waals surface area contributed by atoms with E-state index in [0.717, 1.165) is 17.0 Å². The average molecular weight is 256 g/mol. The lowest BCUT2D eigenvalue weighted by Gasteiger charge is -1.99. The molecule has 0 atom stereocenters. The maximum Gasteiger partial charge on any atom is 0.189 e. The number of aromatic hydroxyl groups is 1. The summed E-state index contributed by atoms with van der Waals surface area (Å²) >= 11 is 0. The van der Waals surface area contributed by atoms with Crippen LogP contribution in [0.2, 0.25) is 0 Å². The fourth-order valence-electron chi connectivity index (χ4n) is 1.96. The van der Waals surface area contributed by atoms with Crippen LogP contribution < -0.4 is 0 Å². The minimum Gasteiger partial charge on any atom is -0.507 e. The molecule has 0 unspecified atom stereocenters. The molecule has 2 aromatic rings. The van der Waals surface area contributed by atoms with Crippen molar-refractivity contribution >= 4 is 11.9 Å². The van der Waals surface area contributed by atoms with Crippen molar-refractivity contribution in [2.24, 2.45) is 7.05 Å². The van der Waals surface area contributed by atoms with Gasteiger partial charge in [0.05, 0.1) is 11.3 Å². The molecule has 0 aliphatic rings. The van der Waals surface area contributed by atoms with E-state index in [1.165, 1.54) is 12.1 Å². The van der Waals surface area contributed by atoms with E-state index in [9.17, 15) is 9.90 Å². The summed E-state index contributed by atoms with van der Waals surface area (Å²) in [5, 5.41) is 13.9. The van der Waals surface area contributed by atoms with Crippen molar-refractivity contribution in [2.75, 3.05) is 0 Å². The van der Waals surface area contributed by atoms with Crippen LogP contribution in [0.25, 0.3) is 6.08 Å². The number of ketones is 1. The van der Waals surface area contributed by atoms with Gasteiger partial charge in [-0.25, -0.2) is 0 Å². The fraction of sp³-hybridized carbons (Fsp3) is 0.200. The number of hydrogen-bond donors (Lipinski definition) is 1. The zero-order chi connectivity index (χ0) is 14.0. The normalized spacial score (nSPS) is 11.1. The molecule has 0 aliphatic carbocycles.